The summed E-state index contributed by atoms with van der Waals surface area (Å²) in [4.78, 5) is 8.91. The minimum atomic E-state index is -0.0937. The normalized spacial score (nSPS) is 11.7. The fourth-order valence-electron chi connectivity index (χ4n) is 1.30. The zero-order chi connectivity index (χ0) is 11.6. The zero-order valence-corrected chi connectivity index (χ0v) is 10.5. The van der Waals surface area contributed by atoms with Gasteiger partial charge in [0.1, 0.15) is 5.01 Å². The number of nitrogens with zero attached hydrogens (tertiary/aromatic N) is 2. The van der Waals surface area contributed by atoms with Gasteiger partial charge in [-0.2, -0.15) is 0 Å². The first-order valence-electron chi connectivity index (χ1n) is 5.20. The maximum atomic E-state index is 4.62. The van der Waals surface area contributed by atoms with E-state index >= 15 is 0 Å². The summed E-state index contributed by atoms with van der Waals surface area (Å²) in [7, 11) is 1.94. The Morgan fingerprint density at radius 2 is 2.12 bits per heavy atom. The second-order valence-corrected chi connectivity index (χ2v) is 4.99. The Balaban J connectivity index is 2.34. The molecule has 0 fully saturated rings. The third-order valence-corrected chi connectivity index (χ3v) is 3.52. The lowest BCUT2D eigenvalue weighted by Gasteiger charge is -2.21. The summed E-state index contributed by atoms with van der Waals surface area (Å²) in [6, 6.07) is 5.87. The predicted molar refractivity (Wildman–Crippen MR) is 67.4 cm³/mol. The van der Waals surface area contributed by atoms with Crippen molar-refractivity contribution >= 4 is 11.3 Å². The van der Waals surface area contributed by atoms with Gasteiger partial charge in [-0.05, 0) is 33.0 Å². The molecule has 0 unspecified atom stereocenters. The van der Waals surface area contributed by atoms with E-state index in [1.807, 2.05) is 25.2 Å². The highest BCUT2D eigenvalue weighted by Gasteiger charge is 2.21. The summed E-state index contributed by atoms with van der Waals surface area (Å²) in [6.07, 6.45) is 1.79. The summed E-state index contributed by atoms with van der Waals surface area (Å²) in [5.41, 5.74) is 1.90. The second kappa shape index (κ2) is 4.31. The maximum Gasteiger partial charge on any atom is 0.142 e. The predicted octanol–water partition coefficient (Wildman–Crippen LogP) is 2.66. The van der Waals surface area contributed by atoms with Gasteiger partial charge < -0.3 is 5.32 Å². The van der Waals surface area contributed by atoms with Crippen LogP contribution in [0.3, 0.4) is 0 Å². The molecule has 1 N–H and O–H groups in total. The molecule has 2 heterocycles. The number of hydrogen-bond donors (Lipinski definition) is 1. The molecule has 0 spiro atoms. The lowest BCUT2D eigenvalue weighted by molar-refractivity contribution is 0.434. The molecule has 0 radical (unpaired) electrons. The quantitative estimate of drug-likeness (QED) is 0.885. The molecule has 0 bridgehead atoms. The van der Waals surface area contributed by atoms with Crippen molar-refractivity contribution in [2.24, 2.45) is 0 Å². The highest BCUT2D eigenvalue weighted by molar-refractivity contribution is 7.13. The van der Waals surface area contributed by atoms with E-state index in [1.54, 1.807) is 17.5 Å². The van der Waals surface area contributed by atoms with Crippen molar-refractivity contribution in [2.75, 3.05) is 7.05 Å². The van der Waals surface area contributed by atoms with Crippen LogP contribution in [0.5, 0.6) is 0 Å². The van der Waals surface area contributed by atoms with E-state index in [2.05, 4.69) is 34.5 Å². The van der Waals surface area contributed by atoms with E-state index in [-0.39, 0.29) is 5.54 Å². The van der Waals surface area contributed by atoms with Crippen LogP contribution in [0.1, 0.15) is 19.5 Å². The van der Waals surface area contributed by atoms with E-state index in [9.17, 15) is 0 Å². The summed E-state index contributed by atoms with van der Waals surface area (Å²) in [6.45, 7) is 4.23. The Kier molecular flexibility index (Phi) is 3.03. The Bertz CT molecular complexity index is 462. The van der Waals surface area contributed by atoms with Gasteiger partial charge in [-0.3, -0.25) is 4.98 Å². The molecule has 0 amide bonds. The maximum absolute atomic E-state index is 4.62. The number of nitrogens with one attached hydrogen (secondary N) is 1. The zero-order valence-electron chi connectivity index (χ0n) is 9.69. The fourth-order valence-corrected chi connectivity index (χ4v) is 2.26. The highest BCUT2D eigenvalue weighted by Crippen LogP contribution is 2.27. The van der Waals surface area contributed by atoms with Gasteiger partial charge in [-0.15, -0.1) is 11.3 Å². The fraction of sp³-hybridized carbons (Fsp3) is 0.333. The average molecular weight is 233 g/mol. The third-order valence-electron chi connectivity index (χ3n) is 2.65. The summed E-state index contributed by atoms with van der Waals surface area (Å²) < 4.78 is 0. The molecule has 0 saturated heterocycles. The summed E-state index contributed by atoms with van der Waals surface area (Å²) in [5, 5.41) is 6.30. The highest BCUT2D eigenvalue weighted by atomic mass is 32.1. The molecule has 3 nitrogen and oxygen atoms in total. The first-order chi connectivity index (χ1) is 7.63. The molecule has 0 aliphatic carbocycles. The second-order valence-electron chi connectivity index (χ2n) is 4.13. The largest absolute Gasteiger partial charge is 0.310 e. The van der Waals surface area contributed by atoms with E-state index in [0.29, 0.717) is 0 Å². The van der Waals surface area contributed by atoms with Gasteiger partial charge in [0, 0.05) is 11.6 Å². The Hall–Kier alpha value is -1.26. The van der Waals surface area contributed by atoms with E-state index < -0.39 is 0 Å². The first kappa shape index (κ1) is 11.2. The number of thiazole rings is 1. The van der Waals surface area contributed by atoms with Crippen LogP contribution in [-0.4, -0.2) is 17.0 Å². The third kappa shape index (κ3) is 2.13. The van der Waals surface area contributed by atoms with Crippen molar-refractivity contribution < 1.29 is 0 Å². The first-order valence-corrected chi connectivity index (χ1v) is 6.08. The Labute approximate surface area is 99.6 Å². The number of hydrogen-bond acceptors (Lipinski definition) is 4. The number of pyridine rings is 1. The van der Waals surface area contributed by atoms with Gasteiger partial charge in [0.25, 0.3) is 0 Å². The topological polar surface area (TPSA) is 37.8 Å². The molecule has 4 heteroatoms. The molecule has 0 saturated carbocycles. The van der Waals surface area contributed by atoms with Gasteiger partial charge in [-0.25, -0.2) is 4.98 Å². The van der Waals surface area contributed by atoms with Crippen LogP contribution in [-0.2, 0) is 5.54 Å². The minimum Gasteiger partial charge on any atom is -0.310 e. The van der Waals surface area contributed by atoms with Gasteiger partial charge >= 0.3 is 0 Å². The van der Waals surface area contributed by atoms with Crippen molar-refractivity contribution in [3.63, 3.8) is 0 Å². The molecule has 0 aliphatic heterocycles. The molecule has 2 aromatic heterocycles. The molecule has 0 aliphatic rings. The standard InChI is InChI=1S/C12H15N3S/c1-12(2,13-3)10-8-16-11(15-10)9-6-4-5-7-14-9/h4-8,13H,1-3H3. The summed E-state index contributed by atoms with van der Waals surface area (Å²) in [5.74, 6) is 0. The van der Waals surface area contributed by atoms with Gasteiger partial charge in [0.2, 0.25) is 0 Å². The van der Waals surface area contributed by atoms with Crippen molar-refractivity contribution in [3.05, 3.63) is 35.5 Å². The number of rotatable bonds is 3. The van der Waals surface area contributed by atoms with Crippen LogP contribution in [0.15, 0.2) is 29.8 Å². The minimum absolute atomic E-state index is 0.0937. The van der Waals surface area contributed by atoms with Gasteiger partial charge in [0.05, 0.1) is 16.9 Å². The SMILES string of the molecule is CNC(C)(C)c1csc(-c2ccccn2)n1. The van der Waals surface area contributed by atoms with E-state index in [4.69, 9.17) is 0 Å². The van der Waals surface area contributed by atoms with Crippen LogP contribution in [0.2, 0.25) is 0 Å². The average Bonchev–Trinajstić information content (AvgIpc) is 2.80. The Morgan fingerprint density at radius 3 is 2.75 bits per heavy atom. The lowest BCUT2D eigenvalue weighted by Crippen LogP contribution is -2.33. The van der Waals surface area contributed by atoms with Gasteiger partial charge in [0.15, 0.2) is 0 Å². The smallest absolute Gasteiger partial charge is 0.142 e. The molecule has 16 heavy (non-hydrogen) atoms. The van der Waals surface area contributed by atoms with Gasteiger partial charge in [-0.1, -0.05) is 6.07 Å². The van der Waals surface area contributed by atoms with Crippen LogP contribution in [0.25, 0.3) is 10.7 Å². The van der Waals surface area contributed by atoms with Crippen molar-refractivity contribution in [2.45, 2.75) is 19.4 Å². The van der Waals surface area contributed by atoms with Crippen LogP contribution < -0.4 is 5.32 Å². The van der Waals surface area contributed by atoms with Crippen molar-refractivity contribution in [1.29, 1.82) is 0 Å². The Morgan fingerprint density at radius 1 is 1.31 bits per heavy atom. The molecular formula is C12H15N3S. The number of aromatic nitrogens is 2. The summed E-state index contributed by atoms with van der Waals surface area (Å²) >= 11 is 1.63. The molecular weight excluding hydrogens is 218 g/mol. The van der Waals surface area contributed by atoms with E-state index in [1.165, 1.54) is 0 Å². The van der Waals surface area contributed by atoms with Crippen LogP contribution in [0.4, 0.5) is 0 Å². The lowest BCUT2D eigenvalue weighted by atomic mass is 10.0. The molecule has 2 rings (SSSR count). The molecule has 0 aromatic carbocycles. The van der Waals surface area contributed by atoms with Crippen LogP contribution in [0, 0.1) is 0 Å². The van der Waals surface area contributed by atoms with Crippen molar-refractivity contribution in [3.8, 4) is 10.7 Å². The monoisotopic (exact) mass is 233 g/mol. The van der Waals surface area contributed by atoms with Crippen LogP contribution >= 0.6 is 11.3 Å². The molecule has 0 atom stereocenters. The van der Waals surface area contributed by atoms with E-state index in [0.717, 1.165) is 16.4 Å². The molecule has 84 valence electrons. The molecule has 2 aromatic rings. The van der Waals surface area contributed by atoms with Crippen molar-refractivity contribution in [1.82, 2.24) is 15.3 Å².